The summed E-state index contributed by atoms with van der Waals surface area (Å²) in [5, 5.41) is 4.81. The summed E-state index contributed by atoms with van der Waals surface area (Å²) in [7, 11) is 1.66. The fraction of sp³-hybridized carbons (Fsp3) is 0.462. The van der Waals surface area contributed by atoms with Gasteiger partial charge in [0.15, 0.2) is 5.75 Å². The van der Waals surface area contributed by atoms with Crippen LogP contribution < -0.4 is 24.3 Å². The Labute approximate surface area is 199 Å². The van der Waals surface area contributed by atoms with Gasteiger partial charge in [-0.15, -0.1) is 0 Å². The molecule has 34 heavy (non-hydrogen) atoms. The van der Waals surface area contributed by atoms with E-state index in [4.69, 9.17) is 23.9 Å². The van der Waals surface area contributed by atoms with Gasteiger partial charge in [0.25, 0.3) is 5.88 Å². The first-order valence-electron chi connectivity index (χ1n) is 12.1. The Kier molecular flexibility index (Phi) is 5.84. The van der Waals surface area contributed by atoms with Crippen LogP contribution in [0.3, 0.4) is 0 Å². The summed E-state index contributed by atoms with van der Waals surface area (Å²) in [4.78, 5) is 11.9. The summed E-state index contributed by atoms with van der Waals surface area (Å²) >= 11 is 0. The normalized spacial score (nSPS) is 20.2. The van der Waals surface area contributed by atoms with Gasteiger partial charge in [0.1, 0.15) is 19.0 Å². The highest BCUT2D eigenvalue weighted by Gasteiger charge is 2.30. The van der Waals surface area contributed by atoms with Gasteiger partial charge < -0.3 is 29.2 Å². The predicted octanol–water partition coefficient (Wildman–Crippen LogP) is 3.14. The molecule has 3 aliphatic heterocycles. The summed E-state index contributed by atoms with van der Waals surface area (Å²) in [6.45, 7) is 5.72. The highest BCUT2D eigenvalue weighted by atomic mass is 16.6. The van der Waals surface area contributed by atoms with Crippen LogP contribution in [-0.4, -0.2) is 67.5 Å². The van der Waals surface area contributed by atoms with E-state index >= 15 is 0 Å². The summed E-state index contributed by atoms with van der Waals surface area (Å²) < 4.78 is 22.6. The third-order valence-electron chi connectivity index (χ3n) is 6.99. The molecule has 1 unspecified atom stereocenters. The summed E-state index contributed by atoms with van der Waals surface area (Å²) in [5.41, 5.74) is 3.21. The first kappa shape index (κ1) is 21.4. The number of likely N-dealkylation sites (tertiary alicyclic amines) is 1. The average Bonchev–Trinajstić information content (AvgIpc) is 3.31. The van der Waals surface area contributed by atoms with Crippen LogP contribution in [0, 0.1) is 0 Å². The molecule has 1 aromatic carbocycles. The van der Waals surface area contributed by atoms with Gasteiger partial charge in [0, 0.05) is 42.1 Å². The van der Waals surface area contributed by atoms with Gasteiger partial charge in [0.05, 0.1) is 24.9 Å². The van der Waals surface area contributed by atoms with Crippen molar-refractivity contribution in [3.05, 3.63) is 47.7 Å². The van der Waals surface area contributed by atoms with Crippen LogP contribution in [0.4, 0.5) is 0 Å². The molecule has 8 heteroatoms. The van der Waals surface area contributed by atoms with Crippen molar-refractivity contribution >= 4 is 10.9 Å². The Morgan fingerprint density at radius 3 is 2.68 bits per heavy atom. The molecule has 0 radical (unpaired) electrons. The average molecular weight is 463 g/mol. The monoisotopic (exact) mass is 462 g/mol. The van der Waals surface area contributed by atoms with Crippen LogP contribution in [0.5, 0.6) is 23.3 Å². The maximum atomic E-state index is 6.04. The Morgan fingerprint density at radius 1 is 0.971 bits per heavy atom. The molecule has 1 fully saturated rings. The maximum Gasteiger partial charge on any atom is 0.257 e. The number of nitrogens with zero attached hydrogens (tertiary/aromatic N) is 3. The second-order valence-electron chi connectivity index (χ2n) is 9.17. The molecule has 0 spiro atoms. The molecule has 2 aromatic heterocycles. The number of nitrogens with one attached hydrogen (secondary N) is 1. The number of pyridine rings is 2. The summed E-state index contributed by atoms with van der Waals surface area (Å²) in [6, 6.07) is 12.6. The van der Waals surface area contributed by atoms with Crippen molar-refractivity contribution in [1.82, 2.24) is 20.2 Å². The van der Waals surface area contributed by atoms with E-state index in [-0.39, 0.29) is 0 Å². The highest BCUT2D eigenvalue weighted by molar-refractivity contribution is 5.85. The van der Waals surface area contributed by atoms with Gasteiger partial charge in [-0.2, -0.15) is 0 Å². The zero-order valence-electron chi connectivity index (χ0n) is 19.5. The molecule has 0 aliphatic carbocycles. The second kappa shape index (κ2) is 9.27. The van der Waals surface area contributed by atoms with E-state index in [0.29, 0.717) is 43.5 Å². The van der Waals surface area contributed by atoms with Gasteiger partial charge in [0.2, 0.25) is 5.88 Å². The highest BCUT2D eigenvalue weighted by Crippen LogP contribution is 2.40. The third-order valence-corrected chi connectivity index (χ3v) is 6.99. The fourth-order valence-electron chi connectivity index (χ4n) is 5.17. The lowest BCUT2D eigenvalue weighted by molar-refractivity contribution is 0.163. The smallest absolute Gasteiger partial charge is 0.257 e. The lowest BCUT2D eigenvalue weighted by Gasteiger charge is -2.33. The first-order chi connectivity index (χ1) is 16.8. The van der Waals surface area contributed by atoms with Crippen molar-refractivity contribution in [2.75, 3.05) is 46.6 Å². The number of methoxy groups -OCH3 is 1. The largest absolute Gasteiger partial charge is 0.493 e. The maximum absolute atomic E-state index is 6.04. The standard InChI is InChI=1S/C26H30N4O4/c1-31-23-7-3-17-2-5-21-24(25(17)29-23)18(16-34-21)15-30-10-8-19(9-11-30)27-14-20-4-6-22-26(28-20)33-13-12-32-22/h2-7,18-19,27H,8-16H2,1H3. The molecule has 1 saturated heterocycles. The second-order valence-corrected chi connectivity index (χ2v) is 9.17. The molecule has 178 valence electrons. The molecule has 0 saturated carbocycles. The summed E-state index contributed by atoms with van der Waals surface area (Å²) in [6.07, 6.45) is 2.24. The van der Waals surface area contributed by atoms with Gasteiger partial charge in [-0.25, -0.2) is 9.97 Å². The quantitative estimate of drug-likeness (QED) is 0.599. The number of ether oxygens (including phenoxy) is 4. The Balaban J connectivity index is 1.05. The molecule has 0 amide bonds. The van der Waals surface area contributed by atoms with Gasteiger partial charge >= 0.3 is 0 Å². The zero-order valence-corrected chi connectivity index (χ0v) is 19.5. The van der Waals surface area contributed by atoms with E-state index in [9.17, 15) is 0 Å². The van der Waals surface area contributed by atoms with Crippen molar-refractivity contribution < 1.29 is 18.9 Å². The molecule has 6 rings (SSSR count). The minimum Gasteiger partial charge on any atom is -0.493 e. The van der Waals surface area contributed by atoms with E-state index in [1.54, 1.807) is 7.11 Å². The molecule has 3 aliphatic rings. The first-order valence-corrected chi connectivity index (χ1v) is 12.1. The number of piperidine rings is 1. The Hall–Kier alpha value is -3.10. The van der Waals surface area contributed by atoms with Crippen LogP contribution in [0.2, 0.25) is 0 Å². The number of fused-ring (bicyclic) bond motifs is 4. The van der Waals surface area contributed by atoms with Crippen LogP contribution in [-0.2, 0) is 6.54 Å². The lowest BCUT2D eigenvalue weighted by atomic mass is 9.96. The van der Waals surface area contributed by atoms with Crippen molar-refractivity contribution in [3.8, 4) is 23.3 Å². The third kappa shape index (κ3) is 4.23. The van der Waals surface area contributed by atoms with Crippen molar-refractivity contribution in [1.29, 1.82) is 0 Å². The molecule has 8 nitrogen and oxygen atoms in total. The zero-order chi connectivity index (χ0) is 22.9. The molecular weight excluding hydrogens is 432 g/mol. The van der Waals surface area contributed by atoms with Crippen LogP contribution in [0.25, 0.3) is 10.9 Å². The minimum absolute atomic E-state index is 0.324. The van der Waals surface area contributed by atoms with E-state index in [0.717, 1.165) is 67.1 Å². The van der Waals surface area contributed by atoms with Crippen LogP contribution >= 0.6 is 0 Å². The number of rotatable bonds is 6. The van der Waals surface area contributed by atoms with E-state index in [1.165, 1.54) is 5.56 Å². The predicted molar refractivity (Wildman–Crippen MR) is 128 cm³/mol. The molecule has 1 atom stereocenters. The Morgan fingerprint density at radius 2 is 1.79 bits per heavy atom. The summed E-state index contributed by atoms with van der Waals surface area (Å²) in [5.74, 6) is 3.28. The number of aromatic nitrogens is 2. The van der Waals surface area contributed by atoms with Crippen LogP contribution in [0.1, 0.15) is 30.0 Å². The van der Waals surface area contributed by atoms with Gasteiger partial charge in [-0.05, 0) is 56.3 Å². The fourth-order valence-corrected chi connectivity index (χ4v) is 5.17. The van der Waals surface area contributed by atoms with E-state index < -0.39 is 0 Å². The van der Waals surface area contributed by atoms with Gasteiger partial charge in [-0.1, -0.05) is 0 Å². The van der Waals surface area contributed by atoms with Crippen molar-refractivity contribution in [2.24, 2.45) is 0 Å². The minimum atomic E-state index is 0.324. The number of hydrogen-bond donors (Lipinski definition) is 1. The van der Waals surface area contributed by atoms with E-state index in [2.05, 4.69) is 33.4 Å². The number of benzene rings is 1. The molecule has 5 heterocycles. The van der Waals surface area contributed by atoms with Crippen molar-refractivity contribution in [3.63, 3.8) is 0 Å². The van der Waals surface area contributed by atoms with Gasteiger partial charge in [-0.3, -0.25) is 0 Å². The van der Waals surface area contributed by atoms with Crippen LogP contribution in [0.15, 0.2) is 36.4 Å². The van der Waals surface area contributed by atoms with E-state index in [1.807, 2.05) is 18.2 Å². The lowest BCUT2D eigenvalue weighted by Crippen LogP contribution is -2.43. The molecule has 0 bridgehead atoms. The Bertz CT molecular complexity index is 1180. The molecule has 3 aromatic rings. The topological polar surface area (TPSA) is 78.0 Å². The molecular formula is C26H30N4O4. The SMILES string of the molecule is COc1ccc2ccc3c(c2n1)C(CN1CCC(NCc2ccc4c(n2)OCCO4)CC1)CO3. The molecule has 1 N–H and O–H groups in total. The van der Waals surface area contributed by atoms with Crippen molar-refractivity contribution in [2.45, 2.75) is 31.3 Å². The number of hydrogen-bond acceptors (Lipinski definition) is 8.